The number of carbonyl (C=O) groups excluding carboxylic acids is 1. The smallest absolute Gasteiger partial charge is 0.221 e. The molecule has 88 valence electrons. The van der Waals surface area contributed by atoms with Crippen LogP contribution in [0.25, 0.3) is 0 Å². The minimum atomic E-state index is 0.0360. The largest absolute Gasteiger partial charge is 0.353 e. The number of nitrogens with one attached hydrogen (secondary N) is 1. The van der Waals surface area contributed by atoms with E-state index in [9.17, 15) is 4.79 Å². The predicted octanol–water partition coefficient (Wildman–Crippen LogP) is 1.81. The molecule has 1 fully saturated rings. The van der Waals surface area contributed by atoms with Crippen molar-refractivity contribution in [3.63, 3.8) is 0 Å². The highest BCUT2D eigenvalue weighted by molar-refractivity contribution is 5.76. The van der Waals surface area contributed by atoms with Gasteiger partial charge in [-0.1, -0.05) is 20.3 Å². The molecule has 0 spiro atoms. The van der Waals surface area contributed by atoms with Gasteiger partial charge in [0.25, 0.3) is 0 Å². The van der Waals surface area contributed by atoms with Crippen molar-refractivity contribution in [2.75, 3.05) is 0 Å². The van der Waals surface area contributed by atoms with Gasteiger partial charge in [0.15, 0.2) is 0 Å². The molecule has 0 saturated heterocycles. The van der Waals surface area contributed by atoms with E-state index in [1.54, 1.807) is 0 Å². The molecule has 0 aromatic rings. The third-order valence-corrected chi connectivity index (χ3v) is 3.17. The molecule has 1 aliphatic rings. The van der Waals surface area contributed by atoms with Gasteiger partial charge in [0.05, 0.1) is 0 Å². The average Bonchev–Trinajstić information content (AvgIpc) is 2.51. The van der Waals surface area contributed by atoms with Crippen LogP contribution in [0.3, 0.4) is 0 Å². The van der Waals surface area contributed by atoms with Gasteiger partial charge in [0.1, 0.15) is 0 Å². The molecule has 1 aliphatic carbocycles. The van der Waals surface area contributed by atoms with Crippen molar-refractivity contribution in [1.82, 2.24) is 5.32 Å². The summed E-state index contributed by atoms with van der Waals surface area (Å²) in [6, 6.07) is 0.440. The molecule has 1 rings (SSSR count). The number of rotatable bonds is 5. The first-order valence-corrected chi connectivity index (χ1v) is 6.16. The lowest BCUT2D eigenvalue weighted by Crippen LogP contribution is -2.37. The van der Waals surface area contributed by atoms with Gasteiger partial charge in [0, 0.05) is 18.5 Å². The van der Waals surface area contributed by atoms with Crippen molar-refractivity contribution < 1.29 is 4.79 Å². The second-order valence-electron chi connectivity index (χ2n) is 4.94. The minimum absolute atomic E-state index is 0.0360. The lowest BCUT2D eigenvalue weighted by Gasteiger charge is -2.15. The standard InChI is InChI=1S/C12H24N2O/c1-3-4-10(13)8-12(15)14-11-6-5-9(2)7-11/h9-11H,3-8,13H2,1-2H3,(H,14,15). The first-order chi connectivity index (χ1) is 7.11. The molecule has 3 heteroatoms. The summed E-state index contributed by atoms with van der Waals surface area (Å²) in [5, 5.41) is 3.08. The third kappa shape index (κ3) is 4.65. The van der Waals surface area contributed by atoms with E-state index in [1.807, 2.05) is 0 Å². The Bertz CT molecular complexity index is 206. The Hall–Kier alpha value is -0.570. The Balaban J connectivity index is 2.18. The highest BCUT2D eigenvalue weighted by Crippen LogP contribution is 2.24. The van der Waals surface area contributed by atoms with Crippen molar-refractivity contribution >= 4 is 5.91 Å². The molecule has 0 bridgehead atoms. The summed E-state index contributed by atoms with van der Waals surface area (Å²) < 4.78 is 0. The molecule has 0 aromatic heterocycles. The normalized spacial score (nSPS) is 27.7. The molecular weight excluding hydrogens is 188 g/mol. The number of amides is 1. The van der Waals surface area contributed by atoms with Crippen molar-refractivity contribution in [1.29, 1.82) is 0 Å². The van der Waals surface area contributed by atoms with E-state index in [2.05, 4.69) is 19.2 Å². The van der Waals surface area contributed by atoms with Gasteiger partial charge in [-0.25, -0.2) is 0 Å². The SMILES string of the molecule is CCCC(N)CC(=O)NC1CCC(C)C1. The number of carbonyl (C=O) groups is 1. The van der Waals surface area contributed by atoms with E-state index in [4.69, 9.17) is 5.73 Å². The topological polar surface area (TPSA) is 55.1 Å². The summed E-state index contributed by atoms with van der Waals surface area (Å²) in [6.07, 6.45) is 5.98. The number of hydrogen-bond acceptors (Lipinski definition) is 2. The molecule has 3 unspecified atom stereocenters. The Morgan fingerprint density at radius 3 is 2.80 bits per heavy atom. The molecule has 3 N–H and O–H groups in total. The second kappa shape index (κ2) is 6.11. The summed E-state index contributed by atoms with van der Waals surface area (Å²) in [6.45, 7) is 4.34. The zero-order valence-electron chi connectivity index (χ0n) is 9.96. The van der Waals surface area contributed by atoms with Crippen LogP contribution in [0.4, 0.5) is 0 Å². The maximum atomic E-state index is 11.6. The molecule has 3 nitrogen and oxygen atoms in total. The van der Waals surface area contributed by atoms with Crippen molar-refractivity contribution in [3.05, 3.63) is 0 Å². The van der Waals surface area contributed by atoms with Gasteiger partial charge in [-0.05, 0) is 31.6 Å². The van der Waals surface area contributed by atoms with E-state index < -0.39 is 0 Å². The monoisotopic (exact) mass is 212 g/mol. The van der Waals surface area contributed by atoms with Gasteiger partial charge >= 0.3 is 0 Å². The maximum absolute atomic E-state index is 11.6. The van der Waals surface area contributed by atoms with Gasteiger partial charge in [-0.3, -0.25) is 4.79 Å². The van der Waals surface area contributed by atoms with Crippen LogP contribution in [-0.4, -0.2) is 18.0 Å². The fraction of sp³-hybridized carbons (Fsp3) is 0.917. The molecule has 1 amide bonds. The highest BCUT2D eigenvalue weighted by atomic mass is 16.1. The number of hydrogen-bond donors (Lipinski definition) is 2. The second-order valence-corrected chi connectivity index (χ2v) is 4.94. The third-order valence-electron chi connectivity index (χ3n) is 3.17. The van der Waals surface area contributed by atoms with Crippen LogP contribution in [0, 0.1) is 5.92 Å². The zero-order chi connectivity index (χ0) is 11.3. The lowest BCUT2D eigenvalue weighted by molar-refractivity contribution is -0.122. The molecule has 0 aromatic carbocycles. The van der Waals surface area contributed by atoms with Gasteiger partial charge < -0.3 is 11.1 Å². The Morgan fingerprint density at radius 1 is 1.53 bits per heavy atom. The Morgan fingerprint density at radius 2 is 2.27 bits per heavy atom. The maximum Gasteiger partial charge on any atom is 0.221 e. The summed E-state index contributed by atoms with van der Waals surface area (Å²) in [4.78, 5) is 11.6. The molecule has 3 atom stereocenters. The fourth-order valence-electron chi connectivity index (χ4n) is 2.34. The van der Waals surface area contributed by atoms with Crippen molar-refractivity contribution in [3.8, 4) is 0 Å². The van der Waals surface area contributed by atoms with E-state index in [1.165, 1.54) is 6.42 Å². The molecular formula is C12H24N2O. The van der Waals surface area contributed by atoms with E-state index >= 15 is 0 Å². The van der Waals surface area contributed by atoms with Crippen LogP contribution >= 0.6 is 0 Å². The summed E-state index contributed by atoms with van der Waals surface area (Å²) >= 11 is 0. The molecule has 0 heterocycles. The first kappa shape index (κ1) is 12.5. The van der Waals surface area contributed by atoms with Crippen LogP contribution in [0.5, 0.6) is 0 Å². The zero-order valence-corrected chi connectivity index (χ0v) is 9.96. The fourth-order valence-corrected chi connectivity index (χ4v) is 2.34. The van der Waals surface area contributed by atoms with Crippen LogP contribution in [0.1, 0.15) is 52.4 Å². The van der Waals surface area contributed by atoms with Crippen LogP contribution in [0.2, 0.25) is 0 Å². The Labute approximate surface area is 92.8 Å². The van der Waals surface area contributed by atoms with E-state index in [-0.39, 0.29) is 11.9 Å². The van der Waals surface area contributed by atoms with Gasteiger partial charge in [-0.2, -0.15) is 0 Å². The Kier molecular flexibility index (Phi) is 5.09. The first-order valence-electron chi connectivity index (χ1n) is 6.16. The summed E-state index contributed by atoms with van der Waals surface area (Å²) in [5.41, 5.74) is 5.83. The average molecular weight is 212 g/mol. The quantitative estimate of drug-likeness (QED) is 0.730. The number of nitrogens with two attached hydrogens (primary N) is 1. The van der Waals surface area contributed by atoms with Crippen LogP contribution in [-0.2, 0) is 4.79 Å². The van der Waals surface area contributed by atoms with Crippen LogP contribution < -0.4 is 11.1 Å². The molecule has 1 saturated carbocycles. The minimum Gasteiger partial charge on any atom is -0.353 e. The highest BCUT2D eigenvalue weighted by Gasteiger charge is 2.22. The van der Waals surface area contributed by atoms with Gasteiger partial charge in [0.2, 0.25) is 5.91 Å². The lowest BCUT2D eigenvalue weighted by atomic mass is 10.1. The van der Waals surface area contributed by atoms with Crippen molar-refractivity contribution in [2.45, 2.75) is 64.5 Å². The van der Waals surface area contributed by atoms with Crippen molar-refractivity contribution in [2.24, 2.45) is 11.7 Å². The summed E-state index contributed by atoms with van der Waals surface area (Å²) in [5.74, 6) is 0.898. The van der Waals surface area contributed by atoms with E-state index in [0.717, 1.165) is 31.6 Å². The predicted molar refractivity (Wildman–Crippen MR) is 62.4 cm³/mol. The van der Waals surface area contributed by atoms with Crippen LogP contribution in [0.15, 0.2) is 0 Å². The summed E-state index contributed by atoms with van der Waals surface area (Å²) in [7, 11) is 0. The molecule has 0 aliphatic heterocycles. The molecule has 15 heavy (non-hydrogen) atoms. The molecule has 0 radical (unpaired) electrons. The van der Waals surface area contributed by atoms with E-state index in [0.29, 0.717) is 12.5 Å². The van der Waals surface area contributed by atoms with Gasteiger partial charge in [-0.15, -0.1) is 0 Å².